The SMILES string of the molecule is CC(=O)O[C@]1(C(=O)O)OCCS1. The van der Waals surface area contributed by atoms with Gasteiger partial charge in [-0.05, 0) is 0 Å². The number of thioether (sulfide) groups is 1. The molecule has 1 heterocycles. The number of rotatable bonds is 2. The number of esters is 1. The predicted octanol–water partition coefficient (Wildman–Crippen LogP) is 0.0513. The molecule has 12 heavy (non-hydrogen) atoms. The average Bonchev–Trinajstić information content (AvgIpc) is 2.35. The first kappa shape index (κ1) is 9.34. The minimum absolute atomic E-state index is 0.282. The first-order valence-corrected chi connectivity index (χ1v) is 4.26. The monoisotopic (exact) mass is 192 g/mol. The summed E-state index contributed by atoms with van der Waals surface area (Å²) < 4.78 is 9.40. The molecule has 0 bridgehead atoms. The van der Waals surface area contributed by atoms with E-state index < -0.39 is 17.1 Å². The second-order valence-electron chi connectivity index (χ2n) is 2.15. The van der Waals surface area contributed by atoms with Gasteiger partial charge < -0.3 is 14.6 Å². The van der Waals surface area contributed by atoms with Gasteiger partial charge in [-0.2, -0.15) is 0 Å². The molecule has 1 aliphatic rings. The topological polar surface area (TPSA) is 72.8 Å². The Labute approximate surface area is 73.0 Å². The molecule has 1 aliphatic heterocycles. The lowest BCUT2D eigenvalue weighted by Gasteiger charge is -2.20. The Morgan fingerprint density at radius 1 is 1.67 bits per heavy atom. The van der Waals surface area contributed by atoms with Crippen molar-refractivity contribution in [1.82, 2.24) is 0 Å². The van der Waals surface area contributed by atoms with Crippen LogP contribution in [0.3, 0.4) is 0 Å². The largest absolute Gasteiger partial charge is 0.476 e. The van der Waals surface area contributed by atoms with Crippen LogP contribution < -0.4 is 0 Å². The maximum atomic E-state index is 10.6. The van der Waals surface area contributed by atoms with Crippen LogP contribution in [0.25, 0.3) is 0 Å². The smallest absolute Gasteiger partial charge is 0.389 e. The van der Waals surface area contributed by atoms with E-state index in [1.54, 1.807) is 0 Å². The highest BCUT2D eigenvalue weighted by Gasteiger charge is 2.48. The van der Waals surface area contributed by atoms with Crippen LogP contribution in [-0.4, -0.2) is 34.5 Å². The van der Waals surface area contributed by atoms with E-state index >= 15 is 0 Å². The van der Waals surface area contributed by atoms with E-state index in [1.165, 1.54) is 0 Å². The number of aliphatic carboxylic acids is 1. The average molecular weight is 192 g/mol. The number of carbonyl (C=O) groups is 2. The molecule has 1 fully saturated rings. The van der Waals surface area contributed by atoms with Crippen molar-refractivity contribution in [3.63, 3.8) is 0 Å². The third-order valence-corrected chi connectivity index (χ3v) is 2.33. The Bertz CT molecular complexity index is 208. The maximum Gasteiger partial charge on any atom is 0.389 e. The summed E-state index contributed by atoms with van der Waals surface area (Å²) in [5, 5.41) is 6.89. The lowest BCUT2D eigenvalue weighted by atomic mass is 10.6. The number of hydrogen-bond donors (Lipinski definition) is 1. The summed E-state index contributed by atoms with van der Waals surface area (Å²) in [5.74, 6) is -1.42. The van der Waals surface area contributed by atoms with Gasteiger partial charge in [0, 0.05) is 12.7 Å². The van der Waals surface area contributed by atoms with Crippen LogP contribution in [0.2, 0.25) is 0 Å². The van der Waals surface area contributed by atoms with Crippen LogP contribution >= 0.6 is 11.8 Å². The van der Waals surface area contributed by atoms with E-state index in [4.69, 9.17) is 9.84 Å². The van der Waals surface area contributed by atoms with Crippen molar-refractivity contribution in [3.8, 4) is 0 Å². The van der Waals surface area contributed by atoms with Crippen LogP contribution in [0.1, 0.15) is 6.92 Å². The summed E-state index contributed by atoms with van der Waals surface area (Å²) in [7, 11) is 0. The highest BCUT2D eigenvalue weighted by molar-refractivity contribution is 8.01. The molecule has 68 valence electrons. The summed E-state index contributed by atoms with van der Waals surface area (Å²) in [6, 6.07) is 0. The van der Waals surface area contributed by atoms with Gasteiger partial charge in [-0.25, -0.2) is 4.79 Å². The number of hydrogen-bond acceptors (Lipinski definition) is 5. The van der Waals surface area contributed by atoms with Crippen LogP contribution in [-0.2, 0) is 19.1 Å². The molecular weight excluding hydrogens is 184 g/mol. The zero-order valence-electron chi connectivity index (χ0n) is 6.40. The molecule has 0 spiro atoms. The first-order valence-electron chi connectivity index (χ1n) is 3.28. The van der Waals surface area contributed by atoms with Gasteiger partial charge in [-0.15, -0.1) is 0 Å². The molecule has 0 aliphatic carbocycles. The fraction of sp³-hybridized carbons (Fsp3) is 0.667. The molecule has 0 saturated carbocycles. The standard InChI is InChI=1S/C6H8O5S/c1-4(7)11-6(5(8)9)10-2-3-12-6/h2-3H2,1H3,(H,8,9)/t6-/m0/s1. The van der Waals surface area contributed by atoms with Gasteiger partial charge in [-0.1, -0.05) is 11.8 Å². The summed E-state index contributed by atoms with van der Waals surface area (Å²) in [6.07, 6.45) is 0. The molecule has 0 radical (unpaired) electrons. The van der Waals surface area contributed by atoms with Crippen LogP contribution in [0.15, 0.2) is 0 Å². The molecule has 0 unspecified atom stereocenters. The Balaban J connectivity index is 2.72. The van der Waals surface area contributed by atoms with Crippen molar-refractivity contribution in [3.05, 3.63) is 0 Å². The summed E-state index contributed by atoms with van der Waals surface area (Å²) in [4.78, 5) is 21.2. The summed E-state index contributed by atoms with van der Waals surface area (Å²) in [5.41, 5.74) is 0. The lowest BCUT2D eigenvalue weighted by Crippen LogP contribution is -2.39. The molecule has 0 amide bonds. The van der Waals surface area contributed by atoms with Gasteiger partial charge >= 0.3 is 17.1 Å². The van der Waals surface area contributed by atoms with E-state index in [0.29, 0.717) is 5.75 Å². The fourth-order valence-corrected chi connectivity index (χ4v) is 1.71. The molecule has 1 N–H and O–H groups in total. The second kappa shape index (κ2) is 3.32. The van der Waals surface area contributed by atoms with Gasteiger partial charge in [0.15, 0.2) is 0 Å². The Morgan fingerprint density at radius 3 is 2.67 bits per heavy atom. The summed E-state index contributed by atoms with van der Waals surface area (Å²) in [6.45, 7) is 1.43. The van der Waals surface area contributed by atoms with E-state index in [2.05, 4.69) is 4.74 Å². The maximum absolute atomic E-state index is 10.6. The normalized spacial score (nSPS) is 28.4. The molecule has 1 atom stereocenters. The fourth-order valence-electron chi connectivity index (χ4n) is 0.809. The second-order valence-corrected chi connectivity index (χ2v) is 3.39. The predicted molar refractivity (Wildman–Crippen MR) is 40.5 cm³/mol. The van der Waals surface area contributed by atoms with Crippen molar-refractivity contribution in [2.75, 3.05) is 12.4 Å². The van der Waals surface area contributed by atoms with Crippen molar-refractivity contribution >= 4 is 23.7 Å². The molecule has 0 aromatic carbocycles. The van der Waals surface area contributed by atoms with Crippen LogP contribution in [0, 0.1) is 0 Å². The van der Waals surface area contributed by atoms with Crippen LogP contribution in [0.4, 0.5) is 0 Å². The molecule has 0 aromatic heterocycles. The minimum Gasteiger partial charge on any atom is -0.476 e. The van der Waals surface area contributed by atoms with Crippen molar-refractivity contribution in [2.24, 2.45) is 0 Å². The Morgan fingerprint density at radius 2 is 2.33 bits per heavy atom. The third-order valence-electron chi connectivity index (χ3n) is 1.21. The van der Waals surface area contributed by atoms with Gasteiger partial charge in [0.05, 0.1) is 6.61 Å². The zero-order valence-corrected chi connectivity index (χ0v) is 7.22. The molecule has 6 heteroatoms. The Hall–Kier alpha value is -0.750. The van der Waals surface area contributed by atoms with Gasteiger partial charge in [0.2, 0.25) is 0 Å². The van der Waals surface area contributed by atoms with Crippen molar-refractivity contribution in [2.45, 2.75) is 12.0 Å². The first-order chi connectivity index (χ1) is 5.57. The lowest BCUT2D eigenvalue weighted by molar-refractivity contribution is -0.202. The highest BCUT2D eigenvalue weighted by Crippen LogP contribution is 2.34. The van der Waals surface area contributed by atoms with Crippen LogP contribution in [0.5, 0.6) is 0 Å². The number of carboxylic acids is 1. The third kappa shape index (κ3) is 1.70. The minimum atomic E-state index is -1.80. The number of carboxylic acid groups (broad SMARTS) is 1. The van der Waals surface area contributed by atoms with E-state index in [9.17, 15) is 9.59 Å². The quantitative estimate of drug-likeness (QED) is 0.623. The van der Waals surface area contributed by atoms with Crippen molar-refractivity contribution < 1.29 is 24.2 Å². The number of carbonyl (C=O) groups excluding carboxylic acids is 1. The molecule has 1 rings (SSSR count). The Kier molecular flexibility index (Phi) is 2.58. The molecular formula is C6H8O5S. The van der Waals surface area contributed by atoms with Gasteiger partial charge in [0.1, 0.15) is 0 Å². The summed E-state index contributed by atoms with van der Waals surface area (Å²) >= 11 is 0.961. The van der Waals surface area contributed by atoms with E-state index in [1.807, 2.05) is 0 Å². The molecule has 0 aromatic rings. The van der Waals surface area contributed by atoms with Crippen molar-refractivity contribution in [1.29, 1.82) is 0 Å². The highest BCUT2D eigenvalue weighted by atomic mass is 32.2. The zero-order chi connectivity index (χ0) is 9.19. The van der Waals surface area contributed by atoms with Gasteiger partial charge in [-0.3, -0.25) is 4.79 Å². The van der Waals surface area contributed by atoms with E-state index in [0.717, 1.165) is 18.7 Å². The van der Waals surface area contributed by atoms with Gasteiger partial charge in [0.25, 0.3) is 0 Å². The molecule has 5 nitrogen and oxygen atoms in total. The van der Waals surface area contributed by atoms with E-state index in [-0.39, 0.29) is 6.61 Å². The number of ether oxygens (including phenoxy) is 2. The molecule has 1 saturated heterocycles.